The molecule has 0 unspecified atom stereocenters. The van der Waals surface area contributed by atoms with E-state index in [1.54, 1.807) is 19.1 Å². The van der Waals surface area contributed by atoms with Gasteiger partial charge in [-0.25, -0.2) is 17.5 Å². The van der Waals surface area contributed by atoms with E-state index in [0.29, 0.717) is 23.4 Å². The second-order valence-corrected chi connectivity index (χ2v) is 9.30. The van der Waals surface area contributed by atoms with Crippen molar-refractivity contribution in [2.75, 3.05) is 5.32 Å². The molecule has 162 valence electrons. The highest BCUT2D eigenvalue weighted by Crippen LogP contribution is 2.21. The first-order chi connectivity index (χ1) is 14.7. The van der Waals surface area contributed by atoms with E-state index in [0.717, 1.165) is 11.6 Å². The maximum absolute atomic E-state index is 14.5. The monoisotopic (exact) mass is 460 g/mol. The number of nitrogens with one attached hydrogen (secondary N) is 2. The normalized spacial score (nSPS) is 12.4. The van der Waals surface area contributed by atoms with Gasteiger partial charge < -0.3 is 5.32 Å². The van der Waals surface area contributed by atoms with Crippen LogP contribution >= 0.6 is 11.6 Å². The van der Waals surface area contributed by atoms with Crippen LogP contribution in [0.2, 0.25) is 5.02 Å². The molecule has 0 radical (unpaired) electrons. The summed E-state index contributed by atoms with van der Waals surface area (Å²) in [7, 11) is -3.91. The molecule has 31 heavy (non-hydrogen) atoms. The fraction of sp³-hybridized carbons (Fsp3) is 0.174. The molecule has 0 saturated heterocycles. The Morgan fingerprint density at radius 2 is 1.71 bits per heavy atom. The molecule has 0 aromatic heterocycles. The van der Waals surface area contributed by atoms with Crippen molar-refractivity contribution in [3.8, 4) is 0 Å². The van der Waals surface area contributed by atoms with Crippen LogP contribution in [-0.2, 0) is 16.4 Å². The molecular formula is C23H22ClFN2O3S. The number of anilines is 1. The number of sulfonamides is 1. The van der Waals surface area contributed by atoms with Gasteiger partial charge in [0.1, 0.15) is 5.82 Å². The van der Waals surface area contributed by atoms with E-state index in [1.807, 2.05) is 30.3 Å². The van der Waals surface area contributed by atoms with Gasteiger partial charge in [-0.1, -0.05) is 41.9 Å². The van der Waals surface area contributed by atoms with Crippen molar-refractivity contribution in [1.29, 1.82) is 0 Å². The van der Waals surface area contributed by atoms with Crippen LogP contribution in [0.25, 0.3) is 0 Å². The standard InChI is InChI=1S/C23H22ClFN2O3S/c1-16(7-8-17-5-3-2-4-6-17)27-31(29,30)20-13-14-22(21(25)15-20)26-23(28)18-9-11-19(24)12-10-18/h2-6,9-16,27H,7-8H2,1H3,(H,26,28)/t16-/m1/s1. The molecule has 3 aromatic rings. The lowest BCUT2D eigenvalue weighted by molar-refractivity contribution is 0.102. The van der Waals surface area contributed by atoms with Gasteiger partial charge in [-0.05, 0) is 67.8 Å². The Bertz CT molecular complexity index is 1150. The number of aryl methyl sites for hydroxylation is 1. The fourth-order valence-corrected chi connectivity index (χ4v) is 4.40. The van der Waals surface area contributed by atoms with E-state index in [1.165, 1.54) is 24.3 Å². The molecule has 1 atom stereocenters. The van der Waals surface area contributed by atoms with Gasteiger partial charge in [-0.15, -0.1) is 0 Å². The largest absolute Gasteiger partial charge is 0.319 e. The Morgan fingerprint density at radius 1 is 1.03 bits per heavy atom. The van der Waals surface area contributed by atoms with Gasteiger partial charge in [0.05, 0.1) is 10.6 Å². The fourth-order valence-electron chi connectivity index (χ4n) is 2.98. The number of benzene rings is 3. The maximum atomic E-state index is 14.5. The maximum Gasteiger partial charge on any atom is 0.255 e. The van der Waals surface area contributed by atoms with Crippen molar-refractivity contribution >= 4 is 33.2 Å². The van der Waals surface area contributed by atoms with Crippen molar-refractivity contribution in [3.05, 3.63) is 94.8 Å². The van der Waals surface area contributed by atoms with Crippen molar-refractivity contribution < 1.29 is 17.6 Å². The predicted octanol–water partition coefficient (Wildman–Crippen LogP) is 5.03. The van der Waals surface area contributed by atoms with E-state index in [-0.39, 0.29) is 16.6 Å². The first-order valence-electron chi connectivity index (χ1n) is 9.67. The summed E-state index contributed by atoms with van der Waals surface area (Å²) in [6.45, 7) is 1.76. The zero-order valence-electron chi connectivity index (χ0n) is 16.8. The van der Waals surface area contributed by atoms with Crippen LogP contribution in [0.4, 0.5) is 10.1 Å². The average molecular weight is 461 g/mol. The van der Waals surface area contributed by atoms with E-state index in [2.05, 4.69) is 10.0 Å². The summed E-state index contributed by atoms with van der Waals surface area (Å²) in [5.74, 6) is -1.37. The lowest BCUT2D eigenvalue weighted by Crippen LogP contribution is -2.33. The molecule has 3 rings (SSSR count). The molecule has 2 N–H and O–H groups in total. The second-order valence-electron chi connectivity index (χ2n) is 7.15. The van der Waals surface area contributed by atoms with Gasteiger partial charge in [0.2, 0.25) is 10.0 Å². The highest BCUT2D eigenvalue weighted by atomic mass is 35.5. The highest BCUT2D eigenvalue weighted by Gasteiger charge is 2.20. The van der Waals surface area contributed by atoms with Crippen molar-refractivity contribution in [2.45, 2.75) is 30.7 Å². The van der Waals surface area contributed by atoms with Gasteiger partial charge in [0, 0.05) is 16.6 Å². The Kier molecular flexibility index (Phi) is 7.43. The van der Waals surface area contributed by atoms with Crippen molar-refractivity contribution in [2.24, 2.45) is 0 Å². The lowest BCUT2D eigenvalue weighted by atomic mass is 10.1. The summed E-state index contributed by atoms with van der Waals surface area (Å²) in [5.41, 5.74) is 1.30. The van der Waals surface area contributed by atoms with Crippen molar-refractivity contribution in [3.63, 3.8) is 0 Å². The zero-order valence-corrected chi connectivity index (χ0v) is 18.4. The van der Waals surface area contributed by atoms with Crippen LogP contribution in [-0.4, -0.2) is 20.4 Å². The number of hydrogen-bond acceptors (Lipinski definition) is 3. The second kappa shape index (κ2) is 10.0. The SMILES string of the molecule is C[C@H](CCc1ccccc1)NS(=O)(=O)c1ccc(NC(=O)c2ccc(Cl)cc2)c(F)c1. The Hall–Kier alpha value is -2.74. The molecule has 0 heterocycles. The molecule has 8 heteroatoms. The van der Waals surface area contributed by atoms with E-state index >= 15 is 0 Å². The first kappa shape index (κ1) is 22.9. The predicted molar refractivity (Wildman–Crippen MR) is 120 cm³/mol. The molecule has 0 spiro atoms. The van der Waals surface area contributed by atoms with Crippen LogP contribution in [0.5, 0.6) is 0 Å². The summed E-state index contributed by atoms with van der Waals surface area (Å²) in [4.78, 5) is 12.0. The molecule has 0 aliphatic carbocycles. The third-order valence-corrected chi connectivity index (χ3v) is 6.51. The Morgan fingerprint density at radius 3 is 2.35 bits per heavy atom. The van der Waals surface area contributed by atoms with Gasteiger partial charge >= 0.3 is 0 Å². The molecule has 5 nitrogen and oxygen atoms in total. The minimum Gasteiger partial charge on any atom is -0.319 e. The van der Waals surface area contributed by atoms with E-state index in [4.69, 9.17) is 11.6 Å². The first-order valence-corrected chi connectivity index (χ1v) is 11.5. The summed E-state index contributed by atoms with van der Waals surface area (Å²) >= 11 is 5.79. The van der Waals surface area contributed by atoms with Crippen LogP contribution in [0.3, 0.4) is 0 Å². The summed E-state index contributed by atoms with van der Waals surface area (Å²) in [5, 5.41) is 2.91. The third-order valence-electron chi connectivity index (χ3n) is 4.67. The van der Waals surface area contributed by atoms with Crippen LogP contribution in [0.1, 0.15) is 29.3 Å². The smallest absolute Gasteiger partial charge is 0.255 e. The summed E-state index contributed by atoms with van der Waals surface area (Å²) in [6.07, 6.45) is 1.31. The van der Waals surface area contributed by atoms with Crippen LogP contribution < -0.4 is 10.0 Å². The molecule has 0 saturated carbocycles. The molecular weight excluding hydrogens is 439 g/mol. The number of carbonyl (C=O) groups is 1. The molecule has 0 bridgehead atoms. The minimum atomic E-state index is -3.91. The zero-order chi connectivity index (χ0) is 22.4. The Balaban J connectivity index is 1.64. The number of rotatable bonds is 8. The molecule has 0 aliphatic rings. The molecule has 1 amide bonds. The van der Waals surface area contributed by atoms with Gasteiger partial charge in [0.25, 0.3) is 5.91 Å². The highest BCUT2D eigenvalue weighted by molar-refractivity contribution is 7.89. The van der Waals surface area contributed by atoms with E-state index < -0.39 is 21.7 Å². The van der Waals surface area contributed by atoms with Gasteiger partial charge in [-0.3, -0.25) is 4.79 Å². The van der Waals surface area contributed by atoms with Crippen LogP contribution in [0, 0.1) is 5.82 Å². The Labute approximate surface area is 186 Å². The number of carbonyl (C=O) groups excluding carboxylic acids is 1. The minimum absolute atomic E-state index is 0.115. The van der Waals surface area contributed by atoms with Gasteiger partial charge in [0.15, 0.2) is 0 Å². The topological polar surface area (TPSA) is 75.3 Å². The molecule has 0 aliphatic heterocycles. The van der Waals surface area contributed by atoms with Crippen LogP contribution in [0.15, 0.2) is 77.7 Å². The van der Waals surface area contributed by atoms with E-state index in [9.17, 15) is 17.6 Å². The summed E-state index contributed by atoms with van der Waals surface area (Å²) < 4.78 is 42.3. The number of amides is 1. The summed E-state index contributed by atoms with van der Waals surface area (Å²) in [6, 6.07) is 18.9. The quantitative estimate of drug-likeness (QED) is 0.495. The molecule has 0 fully saturated rings. The average Bonchev–Trinajstić information content (AvgIpc) is 2.74. The third kappa shape index (κ3) is 6.37. The van der Waals surface area contributed by atoms with Crippen molar-refractivity contribution in [1.82, 2.24) is 4.72 Å². The molecule has 3 aromatic carbocycles. The number of halogens is 2. The van der Waals surface area contributed by atoms with Gasteiger partial charge in [-0.2, -0.15) is 0 Å². The lowest BCUT2D eigenvalue weighted by Gasteiger charge is -2.15. The number of hydrogen-bond donors (Lipinski definition) is 2.